The highest BCUT2D eigenvalue weighted by molar-refractivity contribution is 4.89. The van der Waals surface area contributed by atoms with E-state index in [0.717, 1.165) is 12.1 Å². The number of fused-ring (bicyclic) bond motifs is 3. The highest BCUT2D eigenvalue weighted by atomic mass is 15.3. The fourth-order valence-electron chi connectivity index (χ4n) is 2.49. The van der Waals surface area contributed by atoms with Gasteiger partial charge in [-0.1, -0.05) is 6.92 Å². The Morgan fingerprint density at radius 1 is 1.33 bits per heavy atom. The van der Waals surface area contributed by atoms with Gasteiger partial charge >= 0.3 is 0 Å². The van der Waals surface area contributed by atoms with Crippen molar-refractivity contribution in [2.45, 2.75) is 38.8 Å². The Labute approximate surface area is 75.3 Å². The molecule has 1 atom stereocenters. The minimum atomic E-state index is 0.720. The molecule has 1 unspecified atom stereocenters. The van der Waals surface area contributed by atoms with Gasteiger partial charge in [-0.3, -0.25) is 5.32 Å². The molecule has 3 aliphatic rings. The van der Waals surface area contributed by atoms with Crippen molar-refractivity contribution in [3.8, 4) is 0 Å². The highest BCUT2D eigenvalue weighted by Gasteiger charge is 2.40. The van der Waals surface area contributed by atoms with Gasteiger partial charge in [0.2, 0.25) is 0 Å². The molecule has 12 heavy (non-hydrogen) atoms. The van der Waals surface area contributed by atoms with Crippen LogP contribution in [0.4, 0.5) is 0 Å². The van der Waals surface area contributed by atoms with Crippen molar-refractivity contribution in [3.63, 3.8) is 0 Å². The molecule has 1 radical (unpaired) electrons. The summed E-state index contributed by atoms with van der Waals surface area (Å²) in [5.41, 5.74) is 0. The van der Waals surface area contributed by atoms with E-state index in [1.165, 1.54) is 45.3 Å². The zero-order valence-electron chi connectivity index (χ0n) is 8.05. The molecule has 3 heterocycles. The van der Waals surface area contributed by atoms with Crippen molar-refractivity contribution in [2.75, 3.05) is 19.6 Å². The molecule has 0 aromatic carbocycles. The molecule has 2 heteroatoms. The van der Waals surface area contributed by atoms with Crippen LogP contribution in [0.3, 0.4) is 0 Å². The van der Waals surface area contributed by atoms with E-state index in [0.29, 0.717) is 0 Å². The Morgan fingerprint density at radius 2 is 2.08 bits per heavy atom. The third-order valence-corrected chi connectivity index (χ3v) is 3.28. The molecule has 1 N–H and O–H groups in total. The fraction of sp³-hybridized carbons (Fsp3) is 1.00. The van der Waals surface area contributed by atoms with Gasteiger partial charge in [0.05, 0.1) is 0 Å². The average molecular weight is 168 g/mol. The van der Waals surface area contributed by atoms with Crippen molar-refractivity contribution in [1.82, 2.24) is 10.2 Å². The van der Waals surface area contributed by atoms with E-state index < -0.39 is 0 Å². The molecule has 0 amide bonds. The van der Waals surface area contributed by atoms with Crippen molar-refractivity contribution in [3.05, 3.63) is 0 Å². The topological polar surface area (TPSA) is 17.9 Å². The van der Waals surface area contributed by atoms with Crippen molar-refractivity contribution >= 4 is 0 Å². The first kappa shape index (κ1) is 8.52. The number of hydrogen-bond acceptors (Lipinski definition) is 2. The molecular formula is C10H20N2+. The van der Waals surface area contributed by atoms with Crippen molar-refractivity contribution in [2.24, 2.45) is 5.92 Å². The van der Waals surface area contributed by atoms with E-state index in [4.69, 9.17) is 0 Å². The van der Waals surface area contributed by atoms with Crippen LogP contribution in [0.25, 0.3) is 0 Å². The molecule has 3 fully saturated rings. The molecule has 0 saturated carbocycles. The standard InChI is InChI=1S/C10H20N2/c1-2-5-11-10-8-9-3-6-12(10)7-4-9/h9-11H,2-8H2,1H3/q+1. The molecule has 2 nitrogen and oxygen atoms in total. The Kier molecular flexibility index (Phi) is 2.66. The maximum absolute atomic E-state index is 3.63. The van der Waals surface area contributed by atoms with Gasteiger partial charge < -0.3 is 0 Å². The van der Waals surface area contributed by atoms with Gasteiger partial charge in [0.15, 0.2) is 6.17 Å². The monoisotopic (exact) mass is 168 g/mol. The number of nitrogens with zero attached hydrogens (tertiary/aromatic N) is 1. The highest BCUT2D eigenvalue weighted by Crippen LogP contribution is 2.28. The third-order valence-electron chi connectivity index (χ3n) is 3.28. The third kappa shape index (κ3) is 1.64. The smallest absolute Gasteiger partial charge is 0.186 e. The number of hydrogen-bond donors (Lipinski definition) is 1. The maximum Gasteiger partial charge on any atom is 0.186 e. The summed E-state index contributed by atoms with van der Waals surface area (Å²) in [7, 11) is 0. The summed E-state index contributed by atoms with van der Waals surface area (Å²) in [6.45, 7) is 6.11. The largest absolute Gasteiger partial charge is 0.264 e. The molecule has 0 spiro atoms. The second-order valence-corrected chi connectivity index (χ2v) is 4.18. The summed E-state index contributed by atoms with van der Waals surface area (Å²) < 4.78 is 0. The predicted molar refractivity (Wildman–Crippen MR) is 51.3 cm³/mol. The summed E-state index contributed by atoms with van der Waals surface area (Å²) in [6, 6.07) is 0. The van der Waals surface area contributed by atoms with Gasteiger partial charge in [-0.05, 0) is 12.3 Å². The minimum absolute atomic E-state index is 0.720. The second-order valence-electron chi connectivity index (χ2n) is 4.18. The SMILES string of the molecule is CCCNC1CC2CC[N+]1CC2. The first-order valence-electron chi connectivity index (χ1n) is 5.37. The van der Waals surface area contributed by atoms with E-state index in [1.54, 1.807) is 0 Å². The van der Waals surface area contributed by atoms with E-state index in [2.05, 4.69) is 17.1 Å². The zero-order chi connectivity index (χ0) is 8.39. The van der Waals surface area contributed by atoms with E-state index >= 15 is 0 Å². The number of piperidine rings is 3. The molecule has 69 valence electrons. The minimum Gasteiger partial charge on any atom is -0.264 e. The van der Waals surface area contributed by atoms with Gasteiger partial charge in [0, 0.05) is 25.8 Å². The Balaban J connectivity index is 1.82. The van der Waals surface area contributed by atoms with E-state index in [9.17, 15) is 0 Å². The van der Waals surface area contributed by atoms with Gasteiger partial charge in [0.1, 0.15) is 13.1 Å². The summed E-state index contributed by atoms with van der Waals surface area (Å²) in [4.78, 5) is 2.62. The van der Waals surface area contributed by atoms with Crippen LogP contribution in [0.5, 0.6) is 0 Å². The van der Waals surface area contributed by atoms with Crippen LogP contribution in [0.2, 0.25) is 0 Å². The second kappa shape index (κ2) is 3.75. The van der Waals surface area contributed by atoms with Crippen LogP contribution >= 0.6 is 0 Å². The molecule has 0 aromatic rings. The van der Waals surface area contributed by atoms with Gasteiger partial charge in [-0.2, -0.15) is 4.90 Å². The lowest BCUT2D eigenvalue weighted by atomic mass is 9.86. The molecular weight excluding hydrogens is 148 g/mol. The molecule has 3 saturated heterocycles. The first-order valence-corrected chi connectivity index (χ1v) is 5.37. The van der Waals surface area contributed by atoms with E-state index in [-0.39, 0.29) is 0 Å². The summed E-state index contributed by atoms with van der Waals surface area (Å²) in [6.07, 6.45) is 6.28. The van der Waals surface area contributed by atoms with Gasteiger partial charge in [-0.25, -0.2) is 0 Å². The molecule has 0 aromatic heterocycles. The average Bonchev–Trinajstić information content (AvgIpc) is 2.17. The molecule has 3 rings (SSSR count). The normalized spacial score (nSPS) is 40.2. The predicted octanol–water partition coefficient (Wildman–Crippen LogP) is 1.27. The van der Waals surface area contributed by atoms with Crippen LogP contribution in [0.1, 0.15) is 32.6 Å². The lowest BCUT2D eigenvalue weighted by molar-refractivity contribution is 0.107. The lowest BCUT2D eigenvalue weighted by Crippen LogP contribution is -2.59. The van der Waals surface area contributed by atoms with Gasteiger partial charge in [0.25, 0.3) is 0 Å². The van der Waals surface area contributed by atoms with Crippen LogP contribution < -0.4 is 10.2 Å². The first-order chi connectivity index (χ1) is 5.90. The summed E-state index contributed by atoms with van der Waals surface area (Å²) in [5.74, 6) is 1.03. The molecule has 3 aliphatic heterocycles. The van der Waals surface area contributed by atoms with Crippen molar-refractivity contribution in [1.29, 1.82) is 0 Å². The molecule has 0 aliphatic carbocycles. The number of rotatable bonds is 3. The summed E-state index contributed by atoms with van der Waals surface area (Å²) in [5, 5.41) is 3.63. The fourth-order valence-corrected chi connectivity index (χ4v) is 2.49. The Bertz CT molecular complexity index is 139. The zero-order valence-corrected chi connectivity index (χ0v) is 8.05. The van der Waals surface area contributed by atoms with Crippen LogP contribution in [-0.4, -0.2) is 25.8 Å². The molecule has 2 bridgehead atoms. The maximum atomic E-state index is 3.63. The Hall–Kier alpha value is -0.0800. The van der Waals surface area contributed by atoms with Crippen LogP contribution in [-0.2, 0) is 0 Å². The summed E-state index contributed by atoms with van der Waals surface area (Å²) >= 11 is 0. The van der Waals surface area contributed by atoms with Gasteiger partial charge in [-0.15, -0.1) is 0 Å². The van der Waals surface area contributed by atoms with E-state index in [1.807, 2.05) is 0 Å². The van der Waals surface area contributed by atoms with Crippen molar-refractivity contribution < 1.29 is 0 Å². The van der Waals surface area contributed by atoms with Crippen LogP contribution in [0, 0.1) is 5.92 Å². The lowest BCUT2D eigenvalue weighted by Gasteiger charge is -2.37. The number of nitrogens with one attached hydrogen (secondary N) is 1. The Morgan fingerprint density at radius 3 is 2.58 bits per heavy atom. The quantitative estimate of drug-likeness (QED) is 0.628. The van der Waals surface area contributed by atoms with Crippen LogP contribution in [0.15, 0.2) is 0 Å².